The number of nitrogens with zero attached hydrogens (tertiary/aromatic N) is 2. The smallest absolute Gasteiger partial charge is 0.240 e. The van der Waals surface area contributed by atoms with Crippen molar-refractivity contribution in [2.75, 3.05) is 0 Å². The molecule has 0 saturated heterocycles. The number of benzene rings is 3. The Labute approximate surface area is 178 Å². The Bertz CT molecular complexity index is 1210. The van der Waals surface area contributed by atoms with Gasteiger partial charge in [0, 0.05) is 0 Å². The van der Waals surface area contributed by atoms with Crippen molar-refractivity contribution in [2.45, 2.75) is 26.1 Å². The Morgan fingerprint density at radius 1 is 1.03 bits per heavy atom. The van der Waals surface area contributed by atoms with Gasteiger partial charge >= 0.3 is 0 Å². The number of carbonyl (C=O) groups is 1. The highest BCUT2D eigenvalue weighted by Crippen LogP contribution is 2.19. The minimum Gasteiger partial charge on any atom is -0.486 e. The number of aromatic nitrogens is 2. The fourth-order valence-corrected chi connectivity index (χ4v) is 3.37. The molecular weight excluding hydrogens is 400 g/mol. The fraction of sp³-hybridized carbons (Fsp3) is 0.167. The van der Waals surface area contributed by atoms with Crippen LogP contribution in [0.1, 0.15) is 24.4 Å². The highest BCUT2D eigenvalue weighted by Gasteiger charge is 2.17. The minimum atomic E-state index is -0.945. The first-order valence-electron chi connectivity index (χ1n) is 9.87. The monoisotopic (exact) mass is 421 g/mol. The van der Waals surface area contributed by atoms with E-state index in [2.05, 4.69) is 10.3 Å². The summed E-state index contributed by atoms with van der Waals surface area (Å²) in [7, 11) is 0. The lowest BCUT2D eigenvalue weighted by atomic mass is 10.1. The van der Waals surface area contributed by atoms with Crippen LogP contribution in [0.25, 0.3) is 11.0 Å². The summed E-state index contributed by atoms with van der Waals surface area (Å²) in [5.41, 5.74) is 2.05. The van der Waals surface area contributed by atoms with E-state index in [0.717, 1.165) is 23.2 Å². The lowest BCUT2D eigenvalue weighted by molar-refractivity contribution is -0.122. The van der Waals surface area contributed by atoms with E-state index in [-0.39, 0.29) is 19.1 Å². The molecule has 1 N–H and O–H groups in total. The molecule has 7 heteroatoms. The zero-order chi connectivity index (χ0) is 21.8. The van der Waals surface area contributed by atoms with Gasteiger partial charge in [-0.05, 0) is 48.9 Å². The van der Waals surface area contributed by atoms with Crippen molar-refractivity contribution < 1.29 is 18.3 Å². The number of carbonyl (C=O) groups excluding carboxylic acids is 1. The molecule has 1 unspecified atom stereocenters. The van der Waals surface area contributed by atoms with Crippen LogP contribution in [0, 0.1) is 11.6 Å². The Morgan fingerprint density at radius 3 is 2.55 bits per heavy atom. The van der Waals surface area contributed by atoms with Crippen LogP contribution in [0.3, 0.4) is 0 Å². The van der Waals surface area contributed by atoms with E-state index in [1.54, 1.807) is 11.5 Å². The number of fused-ring (bicyclic) bond motifs is 1. The summed E-state index contributed by atoms with van der Waals surface area (Å²) < 4.78 is 34.3. The molecule has 4 rings (SSSR count). The van der Waals surface area contributed by atoms with Gasteiger partial charge in [-0.25, -0.2) is 13.8 Å². The van der Waals surface area contributed by atoms with Gasteiger partial charge in [-0.3, -0.25) is 4.79 Å². The molecule has 0 aliphatic carbocycles. The van der Waals surface area contributed by atoms with E-state index in [9.17, 15) is 13.6 Å². The molecule has 0 fully saturated rings. The second-order valence-electron chi connectivity index (χ2n) is 7.17. The van der Waals surface area contributed by atoms with Gasteiger partial charge in [0.15, 0.2) is 11.6 Å². The first-order chi connectivity index (χ1) is 15.0. The first kappa shape index (κ1) is 20.5. The number of rotatable bonds is 7. The molecule has 0 bridgehead atoms. The van der Waals surface area contributed by atoms with E-state index in [0.29, 0.717) is 17.1 Å². The predicted molar refractivity (Wildman–Crippen MR) is 113 cm³/mol. The van der Waals surface area contributed by atoms with Crippen molar-refractivity contribution in [2.24, 2.45) is 0 Å². The molecule has 0 spiro atoms. The molecule has 0 saturated carbocycles. The zero-order valence-electron chi connectivity index (χ0n) is 16.9. The van der Waals surface area contributed by atoms with Crippen LogP contribution < -0.4 is 10.1 Å². The molecule has 1 amide bonds. The zero-order valence-corrected chi connectivity index (χ0v) is 16.9. The van der Waals surface area contributed by atoms with Gasteiger partial charge in [-0.2, -0.15) is 0 Å². The molecule has 158 valence electrons. The molecule has 0 aliphatic heterocycles. The lowest BCUT2D eigenvalue weighted by Gasteiger charge is -2.16. The Kier molecular flexibility index (Phi) is 5.93. The van der Waals surface area contributed by atoms with Crippen molar-refractivity contribution >= 4 is 16.9 Å². The van der Waals surface area contributed by atoms with Gasteiger partial charge < -0.3 is 14.6 Å². The molecule has 1 aromatic heterocycles. The highest BCUT2D eigenvalue weighted by molar-refractivity contribution is 5.81. The van der Waals surface area contributed by atoms with Crippen LogP contribution >= 0.6 is 0 Å². The molecule has 0 radical (unpaired) electrons. The maximum absolute atomic E-state index is 13.5. The number of hydrogen-bond donors (Lipinski definition) is 1. The largest absolute Gasteiger partial charge is 0.486 e. The van der Waals surface area contributed by atoms with Crippen LogP contribution in [-0.4, -0.2) is 15.5 Å². The first-order valence-corrected chi connectivity index (χ1v) is 9.87. The van der Waals surface area contributed by atoms with E-state index < -0.39 is 17.7 Å². The number of ether oxygens (including phenoxy) is 1. The SMILES string of the molecule is CC(NC(=O)Cn1c(COc2ccccc2)nc2ccccc21)c1ccc(F)c(F)c1. The number of para-hydroxylation sites is 3. The Balaban J connectivity index is 1.52. The molecule has 1 atom stereocenters. The van der Waals surface area contributed by atoms with E-state index in [4.69, 9.17) is 4.74 Å². The summed E-state index contributed by atoms with van der Waals surface area (Å²) in [5, 5.41) is 2.83. The maximum atomic E-state index is 13.5. The number of halogens is 2. The highest BCUT2D eigenvalue weighted by atomic mass is 19.2. The van der Waals surface area contributed by atoms with E-state index >= 15 is 0 Å². The fourth-order valence-electron chi connectivity index (χ4n) is 3.37. The summed E-state index contributed by atoms with van der Waals surface area (Å²) in [6.07, 6.45) is 0. The summed E-state index contributed by atoms with van der Waals surface area (Å²) in [6.45, 7) is 1.93. The molecule has 1 heterocycles. The summed E-state index contributed by atoms with van der Waals surface area (Å²) in [4.78, 5) is 17.4. The van der Waals surface area contributed by atoms with Gasteiger partial charge in [-0.1, -0.05) is 36.4 Å². The summed E-state index contributed by atoms with van der Waals surface area (Å²) in [5.74, 6) is -0.825. The standard InChI is InChI=1S/C24H21F2N3O2/c1-16(17-11-12-19(25)20(26)13-17)27-24(30)14-29-22-10-6-5-9-21(22)28-23(29)15-31-18-7-3-2-4-8-18/h2-13,16H,14-15H2,1H3,(H,27,30). The lowest BCUT2D eigenvalue weighted by Crippen LogP contribution is -2.30. The topological polar surface area (TPSA) is 56.2 Å². The molecular formula is C24H21F2N3O2. The predicted octanol–water partition coefficient (Wildman–Crippen LogP) is 4.77. The average Bonchev–Trinajstić information content (AvgIpc) is 3.12. The van der Waals surface area contributed by atoms with Crippen LogP contribution in [0.2, 0.25) is 0 Å². The maximum Gasteiger partial charge on any atom is 0.240 e. The molecule has 31 heavy (non-hydrogen) atoms. The minimum absolute atomic E-state index is 0.0159. The third-order valence-corrected chi connectivity index (χ3v) is 4.97. The number of nitrogens with one attached hydrogen (secondary N) is 1. The van der Waals surface area contributed by atoms with E-state index in [1.165, 1.54) is 6.07 Å². The van der Waals surface area contributed by atoms with Crippen LogP contribution in [0.4, 0.5) is 8.78 Å². The van der Waals surface area contributed by atoms with Gasteiger partial charge in [0.25, 0.3) is 0 Å². The second kappa shape index (κ2) is 8.95. The quantitative estimate of drug-likeness (QED) is 0.468. The van der Waals surface area contributed by atoms with Crippen molar-refractivity contribution in [3.63, 3.8) is 0 Å². The molecule has 5 nitrogen and oxygen atoms in total. The van der Waals surface area contributed by atoms with Gasteiger partial charge in [0.1, 0.15) is 24.7 Å². The second-order valence-corrected chi connectivity index (χ2v) is 7.17. The van der Waals surface area contributed by atoms with Gasteiger partial charge in [-0.15, -0.1) is 0 Å². The van der Waals surface area contributed by atoms with Crippen molar-refractivity contribution in [1.29, 1.82) is 0 Å². The molecule has 0 aliphatic rings. The van der Waals surface area contributed by atoms with Crippen LogP contribution in [0.5, 0.6) is 5.75 Å². The van der Waals surface area contributed by atoms with Gasteiger partial charge in [0.05, 0.1) is 17.1 Å². The average molecular weight is 421 g/mol. The van der Waals surface area contributed by atoms with Crippen LogP contribution in [-0.2, 0) is 17.9 Å². The number of hydrogen-bond acceptors (Lipinski definition) is 3. The van der Waals surface area contributed by atoms with Crippen molar-refractivity contribution in [3.8, 4) is 5.75 Å². The number of amides is 1. The Hall–Kier alpha value is -3.74. The normalized spacial score (nSPS) is 12.0. The van der Waals surface area contributed by atoms with Crippen LogP contribution in [0.15, 0.2) is 72.8 Å². The summed E-state index contributed by atoms with van der Waals surface area (Å²) in [6, 6.07) is 20.0. The third kappa shape index (κ3) is 4.71. The Morgan fingerprint density at radius 2 is 1.77 bits per heavy atom. The molecule has 4 aromatic rings. The number of imidazole rings is 1. The van der Waals surface area contributed by atoms with Crippen molar-refractivity contribution in [1.82, 2.24) is 14.9 Å². The van der Waals surface area contributed by atoms with E-state index in [1.807, 2.05) is 54.6 Å². The van der Waals surface area contributed by atoms with Gasteiger partial charge in [0.2, 0.25) is 5.91 Å². The third-order valence-electron chi connectivity index (χ3n) is 4.97. The molecule has 3 aromatic carbocycles. The summed E-state index contributed by atoms with van der Waals surface area (Å²) >= 11 is 0. The van der Waals surface area contributed by atoms with Crippen molar-refractivity contribution in [3.05, 3.63) is 95.8 Å².